The predicted molar refractivity (Wildman–Crippen MR) is 219 cm³/mol. The Morgan fingerprint density at radius 3 is 1.85 bits per heavy atom. The summed E-state index contributed by atoms with van der Waals surface area (Å²) in [5.74, 6) is 0.823. The Bertz CT molecular complexity index is 1880. The number of benzene rings is 3. The molecule has 3 aromatic rings. The third kappa shape index (κ3) is 8.77. The lowest BCUT2D eigenvalue weighted by molar-refractivity contribution is -0.449. The van der Waals surface area contributed by atoms with E-state index in [2.05, 4.69) is 126 Å². The van der Waals surface area contributed by atoms with Gasteiger partial charge in [-0.3, -0.25) is 4.79 Å². The number of Topliss-reactive ketones (excluding diaryl/α,β-unsaturated/α-hetero) is 1. The second-order valence-electron chi connectivity index (χ2n) is 15.1. The summed E-state index contributed by atoms with van der Waals surface area (Å²) in [5.41, 5.74) is 11.5. The molecule has 0 saturated carbocycles. The quantitative estimate of drug-likeness (QED) is 0.111. The number of ketones is 1. The van der Waals surface area contributed by atoms with Crippen molar-refractivity contribution in [1.82, 2.24) is 0 Å². The van der Waals surface area contributed by atoms with Gasteiger partial charge in [-0.1, -0.05) is 107 Å². The molecule has 2 aliphatic rings. The molecule has 3 aromatic carbocycles. The number of unbranched alkanes of at least 4 members (excludes halogenated alkanes) is 2. The minimum atomic E-state index is -0.167. The van der Waals surface area contributed by atoms with E-state index in [4.69, 9.17) is 0 Å². The van der Waals surface area contributed by atoms with Gasteiger partial charge in [0.1, 0.15) is 0 Å². The van der Waals surface area contributed by atoms with Crippen molar-refractivity contribution in [3.63, 3.8) is 0 Å². The normalized spacial score (nSPS) is 15.3. The van der Waals surface area contributed by atoms with Crippen molar-refractivity contribution < 1.29 is 14.5 Å². The third-order valence-corrected chi connectivity index (χ3v) is 11.1. The Morgan fingerprint density at radius 1 is 0.692 bits per heavy atom. The van der Waals surface area contributed by atoms with Gasteiger partial charge in [0.05, 0.1) is 0 Å². The van der Waals surface area contributed by atoms with E-state index in [0.29, 0.717) is 23.0 Å². The van der Waals surface area contributed by atoms with E-state index >= 15 is 0 Å². The Balaban J connectivity index is 1.44. The third-order valence-electron chi connectivity index (χ3n) is 11.1. The molecule has 2 unspecified atom stereocenters. The minimum absolute atomic E-state index is 0.167. The zero-order valence-electron chi connectivity index (χ0n) is 33.0. The lowest BCUT2D eigenvalue weighted by Crippen LogP contribution is -2.30. The Morgan fingerprint density at radius 2 is 1.29 bits per heavy atom. The molecule has 0 aromatic heterocycles. The van der Waals surface area contributed by atoms with Crippen molar-refractivity contribution in [3.05, 3.63) is 130 Å². The number of allylic oxidation sites excluding steroid dienone is 7. The smallest absolute Gasteiger partial charge is 0.208 e. The van der Waals surface area contributed by atoms with Crippen LogP contribution in [-0.4, -0.2) is 29.2 Å². The average molecular weight is 697 g/mol. The number of rotatable bonds is 16. The summed E-state index contributed by atoms with van der Waals surface area (Å²) in [6.45, 7) is 19.6. The van der Waals surface area contributed by atoms with E-state index in [1.54, 1.807) is 0 Å². The fraction of sp³-hybridized carbons (Fsp3) is 0.417. The summed E-state index contributed by atoms with van der Waals surface area (Å²) in [5, 5.41) is 13.7. The second kappa shape index (κ2) is 17.9. The molecule has 0 fully saturated rings. The van der Waals surface area contributed by atoms with Gasteiger partial charge in [-0.25, -0.2) is 0 Å². The SMILES string of the molecule is CCCCC(CC)CN(c1ccc(C2=C([O-])C(=C3C=CC(=[N+](CC(CC)CCCC)c4ccc(C)cc4C)C=C3)C2=O)cc1)c1ccc(C)cc1C. The molecule has 0 bridgehead atoms. The highest BCUT2D eigenvalue weighted by atomic mass is 16.3. The van der Waals surface area contributed by atoms with Gasteiger partial charge in [-0.2, -0.15) is 4.58 Å². The summed E-state index contributed by atoms with van der Waals surface area (Å²) >= 11 is 0. The molecule has 0 spiro atoms. The number of anilines is 2. The lowest BCUT2D eigenvalue weighted by Gasteiger charge is -2.33. The first-order chi connectivity index (χ1) is 25.1. The van der Waals surface area contributed by atoms with Crippen LogP contribution in [0.2, 0.25) is 0 Å². The van der Waals surface area contributed by atoms with E-state index in [9.17, 15) is 9.90 Å². The minimum Gasteiger partial charge on any atom is -0.871 e. The van der Waals surface area contributed by atoms with Crippen LogP contribution in [0.1, 0.15) is 107 Å². The van der Waals surface area contributed by atoms with Crippen LogP contribution in [0.4, 0.5) is 17.1 Å². The summed E-state index contributed by atoms with van der Waals surface area (Å²) in [4.78, 5) is 16.1. The van der Waals surface area contributed by atoms with E-state index in [1.807, 2.05) is 24.3 Å². The van der Waals surface area contributed by atoms with Crippen molar-refractivity contribution in [2.75, 3.05) is 18.0 Å². The van der Waals surface area contributed by atoms with Crippen molar-refractivity contribution in [2.45, 2.75) is 107 Å². The van der Waals surface area contributed by atoms with Crippen LogP contribution < -0.4 is 10.0 Å². The van der Waals surface area contributed by atoms with E-state index < -0.39 is 0 Å². The summed E-state index contributed by atoms with van der Waals surface area (Å²) in [7, 11) is 0. The van der Waals surface area contributed by atoms with Gasteiger partial charge < -0.3 is 10.0 Å². The number of hydrogen-bond donors (Lipinski definition) is 0. The maximum Gasteiger partial charge on any atom is 0.208 e. The average Bonchev–Trinajstić information content (AvgIpc) is 3.13. The maximum atomic E-state index is 13.7. The summed E-state index contributed by atoms with van der Waals surface area (Å²) in [6.07, 6.45) is 17.6. The number of hydrogen-bond acceptors (Lipinski definition) is 3. The van der Waals surface area contributed by atoms with Gasteiger partial charge >= 0.3 is 0 Å². The molecular weight excluding hydrogens is 637 g/mol. The van der Waals surface area contributed by atoms with Crippen LogP contribution in [0.15, 0.2) is 102 Å². The molecule has 274 valence electrons. The van der Waals surface area contributed by atoms with E-state index in [1.165, 1.54) is 72.2 Å². The Hall–Kier alpha value is -4.44. The van der Waals surface area contributed by atoms with Crippen molar-refractivity contribution in [3.8, 4) is 0 Å². The number of nitrogens with zero attached hydrogens (tertiary/aromatic N) is 2. The molecule has 0 heterocycles. The number of carbonyl (C=O) groups is 1. The standard InChI is InChI=1S/C48H60N2O2/c1-9-13-15-37(11-3)31-49(43-27-17-33(5)29-35(43)7)41-23-19-39(20-24-41)45-47(51)46(48(45)52)40-21-25-42(26-22-40)50(32-38(12-4)16-14-10-2)44-28-18-34(6)30-36(44)8/h17-30,37-38H,9-16,31-32H2,1-8H3. The van der Waals surface area contributed by atoms with Crippen LogP contribution in [-0.2, 0) is 4.79 Å². The van der Waals surface area contributed by atoms with Gasteiger partial charge in [0.15, 0.2) is 12.3 Å². The van der Waals surface area contributed by atoms with Crippen LogP contribution in [0, 0.1) is 39.5 Å². The highest BCUT2D eigenvalue weighted by Crippen LogP contribution is 2.39. The molecule has 0 aliphatic heterocycles. The van der Waals surface area contributed by atoms with Gasteiger partial charge in [-0.05, 0) is 106 Å². The highest BCUT2D eigenvalue weighted by Gasteiger charge is 2.31. The van der Waals surface area contributed by atoms with Gasteiger partial charge in [-0.15, -0.1) is 0 Å². The molecule has 4 nitrogen and oxygen atoms in total. The van der Waals surface area contributed by atoms with Gasteiger partial charge in [0.2, 0.25) is 11.4 Å². The first kappa shape index (κ1) is 38.8. The molecule has 0 saturated heterocycles. The largest absolute Gasteiger partial charge is 0.871 e. The topological polar surface area (TPSA) is 46.4 Å². The fourth-order valence-electron chi connectivity index (χ4n) is 7.79. The first-order valence-corrected chi connectivity index (χ1v) is 19.8. The van der Waals surface area contributed by atoms with Gasteiger partial charge in [0, 0.05) is 58.8 Å². The van der Waals surface area contributed by atoms with Crippen LogP contribution >= 0.6 is 0 Å². The van der Waals surface area contributed by atoms with Gasteiger partial charge in [0.25, 0.3) is 0 Å². The van der Waals surface area contributed by atoms with Crippen LogP contribution in [0.5, 0.6) is 0 Å². The lowest BCUT2D eigenvalue weighted by atomic mass is 9.80. The zero-order valence-corrected chi connectivity index (χ0v) is 33.0. The Kier molecular flexibility index (Phi) is 13.3. The van der Waals surface area contributed by atoms with Crippen LogP contribution in [0.3, 0.4) is 0 Å². The number of carbonyl (C=O) groups excluding carboxylic acids is 1. The molecular formula is C48H60N2O2. The maximum absolute atomic E-state index is 13.7. The molecule has 0 radical (unpaired) electrons. The molecule has 0 N–H and O–H groups in total. The molecule has 5 rings (SSSR count). The van der Waals surface area contributed by atoms with Crippen molar-refractivity contribution in [2.24, 2.45) is 11.8 Å². The second-order valence-corrected chi connectivity index (χ2v) is 15.1. The Labute approximate surface area is 314 Å². The summed E-state index contributed by atoms with van der Waals surface area (Å²) in [6, 6.07) is 21.3. The molecule has 2 aliphatic carbocycles. The summed E-state index contributed by atoms with van der Waals surface area (Å²) < 4.78 is 2.42. The van der Waals surface area contributed by atoms with Crippen molar-refractivity contribution >= 4 is 34.1 Å². The number of aryl methyl sites for hydroxylation is 4. The molecule has 0 amide bonds. The van der Waals surface area contributed by atoms with E-state index in [-0.39, 0.29) is 22.7 Å². The molecule has 52 heavy (non-hydrogen) atoms. The predicted octanol–water partition coefficient (Wildman–Crippen LogP) is 11.4. The molecule has 2 atom stereocenters. The first-order valence-electron chi connectivity index (χ1n) is 19.8. The monoisotopic (exact) mass is 696 g/mol. The van der Waals surface area contributed by atoms with Crippen molar-refractivity contribution in [1.29, 1.82) is 0 Å². The van der Waals surface area contributed by atoms with Crippen LogP contribution in [0.25, 0.3) is 5.57 Å². The van der Waals surface area contributed by atoms with E-state index in [0.717, 1.165) is 37.3 Å². The fourth-order valence-corrected chi connectivity index (χ4v) is 7.79. The molecule has 4 heteroatoms. The highest BCUT2D eigenvalue weighted by molar-refractivity contribution is 6.39. The zero-order chi connectivity index (χ0) is 37.4.